The minimum Gasteiger partial charge on any atom is -0.447 e. The molecule has 1 saturated carbocycles. The van der Waals surface area contributed by atoms with Gasteiger partial charge in [0, 0.05) is 38.8 Å². The monoisotopic (exact) mass is 757 g/mol. The Balaban J connectivity index is 1.16. The van der Waals surface area contributed by atoms with Gasteiger partial charge in [-0.05, 0) is 41.7 Å². The molecule has 3 aromatic rings. The number of β-lactam (4-membered cyclic amide) rings is 1. The fourth-order valence-corrected chi connectivity index (χ4v) is 8.36. The molecule has 13 heteroatoms. The molecule has 55 heavy (non-hydrogen) atoms. The van der Waals surface area contributed by atoms with Gasteiger partial charge in [-0.2, -0.15) is 13.2 Å². The smallest absolute Gasteiger partial charge is 0.416 e. The van der Waals surface area contributed by atoms with E-state index in [2.05, 4.69) is 10.2 Å². The summed E-state index contributed by atoms with van der Waals surface area (Å²) in [5.74, 6) is -1.51. The molecule has 4 fully saturated rings. The van der Waals surface area contributed by atoms with Crippen LogP contribution in [0.15, 0.2) is 91.0 Å². The van der Waals surface area contributed by atoms with Crippen molar-refractivity contribution in [3.63, 3.8) is 0 Å². The number of nitrogens with zero attached hydrogens (tertiary/aromatic N) is 4. The quantitative estimate of drug-likeness (QED) is 0.240. The number of halogens is 3. The van der Waals surface area contributed by atoms with Gasteiger partial charge in [-0.25, -0.2) is 4.79 Å². The normalized spacial score (nSPS) is 23.1. The van der Waals surface area contributed by atoms with Crippen molar-refractivity contribution in [3.8, 4) is 0 Å². The van der Waals surface area contributed by atoms with Gasteiger partial charge in [-0.15, -0.1) is 0 Å². The molecule has 10 nitrogen and oxygen atoms in total. The third-order valence-corrected chi connectivity index (χ3v) is 11.3. The zero-order valence-corrected chi connectivity index (χ0v) is 30.6. The number of carbonyl (C=O) groups excluding carboxylic acids is 4. The fraction of sp³-hybridized carbons (Fsp3) is 0.429. The van der Waals surface area contributed by atoms with Crippen molar-refractivity contribution < 1.29 is 37.1 Å². The van der Waals surface area contributed by atoms with Gasteiger partial charge in [0.1, 0.15) is 18.7 Å². The number of piperazine rings is 1. The molecule has 0 radical (unpaired) electrons. The van der Waals surface area contributed by atoms with Crippen LogP contribution >= 0.6 is 0 Å². The number of cyclic esters (lactones) is 1. The van der Waals surface area contributed by atoms with Crippen molar-refractivity contribution in [3.05, 3.63) is 113 Å². The van der Waals surface area contributed by atoms with E-state index in [4.69, 9.17) is 4.74 Å². The van der Waals surface area contributed by atoms with Crippen molar-refractivity contribution in [1.82, 2.24) is 24.9 Å². The van der Waals surface area contributed by atoms with E-state index in [-0.39, 0.29) is 31.0 Å². The van der Waals surface area contributed by atoms with Crippen LogP contribution in [0.25, 0.3) is 6.08 Å². The Hall–Kier alpha value is -5.17. The lowest BCUT2D eigenvalue weighted by molar-refractivity contribution is -0.164. The second-order valence-corrected chi connectivity index (χ2v) is 14.7. The van der Waals surface area contributed by atoms with Crippen LogP contribution in [0.5, 0.6) is 0 Å². The Morgan fingerprint density at radius 2 is 1.56 bits per heavy atom. The van der Waals surface area contributed by atoms with E-state index < -0.39 is 53.8 Å². The summed E-state index contributed by atoms with van der Waals surface area (Å²) in [7, 11) is 0. The Kier molecular flexibility index (Phi) is 11.6. The van der Waals surface area contributed by atoms with Crippen LogP contribution in [0.2, 0.25) is 0 Å². The molecule has 7 rings (SSSR count). The first-order valence-corrected chi connectivity index (χ1v) is 19.1. The third-order valence-electron chi connectivity index (χ3n) is 11.3. The number of rotatable bonds is 11. The Morgan fingerprint density at radius 3 is 2.25 bits per heavy atom. The molecule has 4 aliphatic rings. The van der Waals surface area contributed by atoms with E-state index in [9.17, 15) is 32.3 Å². The molecule has 3 aliphatic heterocycles. The highest BCUT2D eigenvalue weighted by Crippen LogP contribution is 2.39. The van der Waals surface area contributed by atoms with Gasteiger partial charge in [0.2, 0.25) is 17.7 Å². The molecule has 290 valence electrons. The first kappa shape index (κ1) is 38.1. The number of likely N-dealkylation sites (tertiary alicyclic amines) is 1. The molecule has 0 unspecified atom stereocenters. The van der Waals surface area contributed by atoms with Gasteiger partial charge in [-0.3, -0.25) is 24.2 Å². The second-order valence-electron chi connectivity index (χ2n) is 14.7. The topological polar surface area (TPSA) is 103 Å². The highest BCUT2D eigenvalue weighted by atomic mass is 19.4. The van der Waals surface area contributed by atoms with Gasteiger partial charge >= 0.3 is 12.3 Å². The van der Waals surface area contributed by atoms with Gasteiger partial charge in [0.25, 0.3) is 0 Å². The van der Waals surface area contributed by atoms with E-state index in [1.807, 2.05) is 60.7 Å². The van der Waals surface area contributed by atoms with Gasteiger partial charge in [0.15, 0.2) is 0 Å². The SMILES string of the molecule is O=C(NCc1cccc(C(F)(F)F)c1)[C@H](CC(=O)N1CCN(C2CCCCC2)CC1)N1C(=O)[C@@H](N2C(=O)OC[C@@H]2c2ccccc2)[C@H]1/C=C/c1ccccc1. The maximum atomic E-state index is 14.4. The summed E-state index contributed by atoms with van der Waals surface area (Å²) in [6.45, 7) is 2.19. The largest absolute Gasteiger partial charge is 0.447 e. The summed E-state index contributed by atoms with van der Waals surface area (Å²) in [6.07, 6.45) is 3.94. The molecular formula is C42H46F3N5O5. The third kappa shape index (κ3) is 8.56. The zero-order valence-electron chi connectivity index (χ0n) is 30.6. The predicted octanol–water partition coefficient (Wildman–Crippen LogP) is 6.04. The maximum absolute atomic E-state index is 14.4. The van der Waals surface area contributed by atoms with Gasteiger partial charge in [-0.1, -0.05) is 104 Å². The highest BCUT2D eigenvalue weighted by molar-refractivity contribution is 5.99. The molecule has 0 aromatic heterocycles. The lowest BCUT2D eigenvalue weighted by Crippen LogP contribution is -2.74. The molecular weight excluding hydrogens is 711 g/mol. The summed E-state index contributed by atoms with van der Waals surface area (Å²) in [6, 6.07) is 20.0. The van der Waals surface area contributed by atoms with E-state index >= 15 is 0 Å². The van der Waals surface area contributed by atoms with Crippen LogP contribution in [0.3, 0.4) is 0 Å². The summed E-state index contributed by atoms with van der Waals surface area (Å²) >= 11 is 0. The predicted molar refractivity (Wildman–Crippen MR) is 199 cm³/mol. The molecule has 1 N–H and O–H groups in total. The molecule has 1 aliphatic carbocycles. The number of hydrogen-bond acceptors (Lipinski definition) is 6. The zero-order chi connectivity index (χ0) is 38.5. The van der Waals surface area contributed by atoms with Crippen LogP contribution in [-0.4, -0.2) is 100 Å². The Morgan fingerprint density at radius 1 is 0.873 bits per heavy atom. The number of ether oxygens (including phenoxy) is 1. The van der Waals surface area contributed by atoms with Crippen molar-refractivity contribution in [1.29, 1.82) is 0 Å². The van der Waals surface area contributed by atoms with Crippen LogP contribution in [0, 0.1) is 0 Å². The minimum atomic E-state index is -4.57. The Bertz CT molecular complexity index is 1860. The van der Waals surface area contributed by atoms with E-state index in [1.165, 1.54) is 41.2 Å². The number of amides is 4. The molecule has 3 aromatic carbocycles. The lowest BCUT2D eigenvalue weighted by Gasteiger charge is -2.52. The average Bonchev–Trinajstić information content (AvgIpc) is 3.58. The van der Waals surface area contributed by atoms with Crippen LogP contribution < -0.4 is 5.32 Å². The summed E-state index contributed by atoms with van der Waals surface area (Å²) in [4.78, 5) is 63.0. The Labute approximate surface area is 318 Å². The van der Waals surface area contributed by atoms with Gasteiger partial charge < -0.3 is 19.9 Å². The van der Waals surface area contributed by atoms with Crippen molar-refractivity contribution >= 4 is 29.9 Å². The molecule has 4 amide bonds. The van der Waals surface area contributed by atoms with Gasteiger partial charge in [0.05, 0.1) is 24.1 Å². The number of nitrogens with one attached hydrogen (secondary N) is 1. The van der Waals surface area contributed by atoms with Crippen LogP contribution in [0.1, 0.15) is 66.8 Å². The van der Waals surface area contributed by atoms with E-state index in [0.717, 1.165) is 36.1 Å². The number of benzene rings is 3. The van der Waals surface area contributed by atoms with E-state index in [1.54, 1.807) is 17.1 Å². The minimum absolute atomic E-state index is 0.0357. The first-order chi connectivity index (χ1) is 26.6. The average molecular weight is 758 g/mol. The first-order valence-electron chi connectivity index (χ1n) is 19.1. The number of hydrogen-bond donors (Lipinski definition) is 1. The summed E-state index contributed by atoms with van der Waals surface area (Å²) in [5.41, 5.74) is 0.964. The number of alkyl halides is 3. The number of carbonyl (C=O) groups is 4. The summed E-state index contributed by atoms with van der Waals surface area (Å²) < 4.78 is 46.0. The van der Waals surface area contributed by atoms with Crippen LogP contribution in [0.4, 0.5) is 18.0 Å². The van der Waals surface area contributed by atoms with Crippen LogP contribution in [-0.2, 0) is 31.8 Å². The fourth-order valence-electron chi connectivity index (χ4n) is 8.36. The highest BCUT2D eigenvalue weighted by Gasteiger charge is 2.58. The lowest BCUT2D eigenvalue weighted by atomic mass is 9.87. The second kappa shape index (κ2) is 16.7. The molecule has 3 heterocycles. The molecule has 3 saturated heterocycles. The summed E-state index contributed by atoms with van der Waals surface area (Å²) in [5, 5.41) is 2.72. The van der Waals surface area contributed by atoms with Crippen molar-refractivity contribution in [2.24, 2.45) is 0 Å². The van der Waals surface area contributed by atoms with Crippen molar-refractivity contribution in [2.75, 3.05) is 32.8 Å². The molecule has 4 atom stereocenters. The van der Waals surface area contributed by atoms with Crippen molar-refractivity contribution in [2.45, 2.75) is 81.5 Å². The molecule has 0 bridgehead atoms. The standard InChI is InChI=1S/C42H46F3N5O5/c43-42(44,45)32-16-10-13-30(25-32)27-46-39(52)35(26-37(51)48-23-21-47(22-24-48)33-17-8-3-9-18-33)49-34(20-19-29-11-4-1-5-12-29)38(40(49)53)50-36(28-55-41(50)54)31-14-6-2-7-15-31/h1-2,4-7,10-16,19-20,25,33-36,38H,3,8-9,17-18,21-24,26-28H2,(H,46,52)/b20-19+/t34-,35+,36-,38+/m1/s1. The molecule has 0 spiro atoms. The van der Waals surface area contributed by atoms with E-state index in [0.29, 0.717) is 32.2 Å². The maximum Gasteiger partial charge on any atom is 0.416 e.